The van der Waals surface area contributed by atoms with Crippen LogP contribution in [0.25, 0.3) is 0 Å². The minimum Gasteiger partial charge on any atom is -0.462 e. The molecule has 1 spiro atoms. The van der Waals surface area contributed by atoms with Crippen molar-refractivity contribution in [3.05, 3.63) is 23.8 Å². The molecule has 0 amide bonds. The molecule has 0 aromatic rings. The van der Waals surface area contributed by atoms with Crippen LogP contribution in [0, 0.1) is 28.1 Å². The molecule has 2 fully saturated rings. The molecule has 0 bridgehead atoms. The summed E-state index contributed by atoms with van der Waals surface area (Å²) in [6, 6.07) is 0. The normalized spacial score (nSPS) is 42.0. The van der Waals surface area contributed by atoms with Gasteiger partial charge in [0.1, 0.15) is 12.2 Å². The van der Waals surface area contributed by atoms with E-state index in [0.717, 1.165) is 0 Å². The molecule has 3 rings (SSSR count). The number of ether oxygens (including phenoxy) is 2. The third-order valence-electron chi connectivity index (χ3n) is 7.51. The average molecular weight is 374 g/mol. The van der Waals surface area contributed by atoms with E-state index in [4.69, 9.17) is 9.47 Å². The third-order valence-corrected chi connectivity index (χ3v) is 7.51. The summed E-state index contributed by atoms with van der Waals surface area (Å²) in [6.45, 7) is 13.0. The number of carbonyl (C=O) groups excluding carboxylic acids is 3. The van der Waals surface area contributed by atoms with Crippen molar-refractivity contribution in [2.45, 2.75) is 67.1 Å². The zero-order valence-corrected chi connectivity index (χ0v) is 17.3. The molecule has 0 N–H and O–H groups in total. The van der Waals surface area contributed by atoms with E-state index in [1.54, 1.807) is 26.0 Å². The Labute approximate surface area is 161 Å². The fourth-order valence-electron chi connectivity index (χ4n) is 6.44. The fourth-order valence-corrected chi connectivity index (χ4v) is 6.44. The van der Waals surface area contributed by atoms with Crippen molar-refractivity contribution in [2.24, 2.45) is 28.1 Å². The number of esters is 2. The van der Waals surface area contributed by atoms with Gasteiger partial charge in [0.05, 0.1) is 5.41 Å². The average Bonchev–Trinajstić information content (AvgIpc) is 3.06. The van der Waals surface area contributed by atoms with Gasteiger partial charge in [-0.3, -0.25) is 9.59 Å². The van der Waals surface area contributed by atoms with Crippen molar-refractivity contribution < 1.29 is 23.9 Å². The summed E-state index contributed by atoms with van der Waals surface area (Å²) < 4.78 is 11.7. The zero-order valence-electron chi connectivity index (χ0n) is 17.3. The molecule has 0 aromatic carbocycles. The SMILES string of the molecule is CC=C(C)C(=O)OC1C(C)(C)C2C(OC(C)=O)CC(C)C23C=CC(=O)C13C. The fraction of sp³-hybridized carbons (Fsp3) is 0.682. The molecule has 0 radical (unpaired) electrons. The monoisotopic (exact) mass is 374 g/mol. The Morgan fingerprint density at radius 1 is 1.19 bits per heavy atom. The maximum absolute atomic E-state index is 13.1. The van der Waals surface area contributed by atoms with Crippen molar-refractivity contribution in [1.82, 2.24) is 0 Å². The van der Waals surface area contributed by atoms with Crippen molar-refractivity contribution in [1.29, 1.82) is 0 Å². The van der Waals surface area contributed by atoms with Crippen molar-refractivity contribution >= 4 is 17.7 Å². The van der Waals surface area contributed by atoms with E-state index in [1.165, 1.54) is 6.92 Å². The van der Waals surface area contributed by atoms with Crippen LogP contribution in [-0.2, 0) is 23.9 Å². The highest BCUT2D eigenvalue weighted by Gasteiger charge is 2.80. The highest BCUT2D eigenvalue weighted by Crippen LogP contribution is 2.75. The van der Waals surface area contributed by atoms with E-state index in [2.05, 4.69) is 6.92 Å². The van der Waals surface area contributed by atoms with Gasteiger partial charge in [0.2, 0.25) is 0 Å². The van der Waals surface area contributed by atoms with Crippen molar-refractivity contribution in [3.63, 3.8) is 0 Å². The van der Waals surface area contributed by atoms with Gasteiger partial charge in [0.25, 0.3) is 0 Å². The number of carbonyl (C=O) groups is 3. The lowest BCUT2D eigenvalue weighted by Crippen LogP contribution is -2.49. The van der Waals surface area contributed by atoms with Gasteiger partial charge in [-0.05, 0) is 39.2 Å². The smallest absolute Gasteiger partial charge is 0.333 e. The first kappa shape index (κ1) is 19.8. The van der Waals surface area contributed by atoms with E-state index >= 15 is 0 Å². The molecule has 0 heterocycles. The molecular formula is C22H30O5. The van der Waals surface area contributed by atoms with Crippen LogP contribution in [0.4, 0.5) is 0 Å². The van der Waals surface area contributed by atoms with Gasteiger partial charge >= 0.3 is 11.9 Å². The lowest BCUT2D eigenvalue weighted by Gasteiger charge is -2.41. The molecule has 5 heteroatoms. The molecule has 6 atom stereocenters. The van der Waals surface area contributed by atoms with E-state index in [-0.39, 0.29) is 29.7 Å². The summed E-state index contributed by atoms with van der Waals surface area (Å²) in [5, 5.41) is 0. The molecule has 27 heavy (non-hydrogen) atoms. The summed E-state index contributed by atoms with van der Waals surface area (Å²) in [6.07, 6.45) is 5.16. The molecule has 148 valence electrons. The molecule has 5 nitrogen and oxygen atoms in total. The van der Waals surface area contributed by atoms with E-state index in [0.29, 0.717) is 12.0 Å². The first-order valence-corrected chi connectivity index (χ1v) is 9.69. The first-order valence-electron chi connectivity index (χ1n) is 9.69. The standard InChI is InChI=1S/C22H30O5/c1-8-12(2)18(25)27-19-20(5,6)17-15(26-14(4)23)11-13(3)22(17)10-9-16(24)21(19,22)7/h8-10,13,15,17,19H,11H2,1-7H3. The van der Waals surface area contributed by atoms with Crippen LogP contribution in [0.1, 0.15) is 54.9 Å². The van der Waals surface area contributed by atoms with Crippen LogP contribution < -0.4 is 0 Å². The highest BCUT2D eigenvalue weighted by molar-refractivity contribution is 6.00. The lowest BCUT2D eigenvalue weighted by atomic mass is 9.61. The molecule has 0 aromatic heterocycles. The van der Waals surface area contributed by atoms with E-state index < -0.39 is 28.3 Å². The Kier molecular flexibility index (Phi) is 4.44. The third kappa shape index (κ3) is 2.33. The summed E-state index contributed by atoms with van der Waals surface area (Å²) >= 11 is 0. The zero-order chi connectivity index (χ0) is 20.4. The predicted molar refractivity (Wildman–Crippen MR) is 101 cm³/mol. The summed E-state index contributed by atoms with van der Waals surface area (Å²) in [5.74, 6) is -0.696. The van der Waals surface area contributed by atoms with Crippen LogP contribution in [0.3, 0.4) is 0 Å². The predicted octanol–water partition coefficient (Wildman–Crippen LogP) is 3.62. The number of hydrogen-bond acceptors (Lipinski definition) is 5. The highest BCUT2D eigenvalue weighted by atomic mass is 16.6. The molecule has 6 unspecified atom stereocenters. The van der Waals surface area contributed by atoms with Crippen LogP contribution in [0.5, 0.6) is 0 Å². The number of ketones is 1. The molecule has 2 saturated carbocycles. The van der Waals surface area contributed by atoms with Gasteiger partial charge in [-0.2, -0.15) is 0 Å². The molecule has 0 aliphatic heterocycles. The molecule has 3 aliphatic carbocycles. The summed E-state index contributed by atoms with van der Waals surface area (Å²) in [7, 11) is 0. The maximum atomic E-state index is 13.1. The minimum absolute atomic E-state index is 0.00988. The Morgan fingerprint density at radius 3 is 2.37 bits per heavy atom. The minimum atomic E-state index is -0.862. The van der Waals surface area contributed by atoms with Gasteiger partial charge in [0, 0.05) is 29.2 Å². The number of hydrogen-bond donors (Lipinski definition) is 0. The van der Waals surface area contributed by atoms with Crippen molar-refractivity contribution in [2.75, 3.05) is 0 Å². The maximum Gasteiger partial charge on any atom is 0.333 e. The van der Waals surface area contributed by atoms with Crippen molar-refractivity contribution in [3.8, 4) is 0 Å². The van der Waals surface area contributed by atoms with Gasteiger partial charge in [0.15, 0.2) is 5.78 Å². The second-order valence-corrected chi connectivity index (χ2v) is 9.17. The second-order valence-electron chi connectivity index (χ2n) is 9.17. The Morgan fingerprint density at radius 2 is 1.81 bits per heavy atom. The van der Waals surface area contributed by atoms with Gasteiger partial charge in [-0.25, -0.2) is 4.79 Å². The Balaban J connectivity index is 2.14. The van der Waals surface area contributed by atoms with Crippen LogP contribution >= 0.6 is 0 Å². The Bertz CT molecular complexity index is 761. The lowest BCUT2D eigenvalue weighted by molar-refractivity contribution is -0.164. The summed E-state index contributed by atoms with van der Waals surface area (Å²) in [4.78, 5) is 37.4. The van der Waals surface area contributed by atoms with Crippen LogP contribution in [0.2, 0.25) is 0 Å². The number of allylic oxidation sites excluding steroid dienone is 3. The molecular weight excluding hydrogens is 344 g/mol. The van der Waals surface area contributed by atoms with E-state index in [9.17, 15) is 14.4 Å². The Hall–Kier alpha value is -1.91. The quantitative estimate of drug-likeness (QED) is 0.557. The van der Waals surface area contributed by atoms with Gasteiger partial charge in [-0.15, -0.1) is 0 Å². The van der Waals surface area contributed by atoms with Crippen LogP contribution in [-0.4, -0.2) is 29.9 Å². The van der Waals surface area contributed by atoms with Crippen LogP contribution in [0.15, 0.2) is 23.8 Å². The largest absolute Gasteiger partial charge is 0.462 e. The second kappa shape index (κ2) is 6.05. The van der Waals surface area contributed by atoms with Gasteiger partial charge < -0.3 is 9.47 Å². The van der Waals surface area contributed by atoms with E-state index in [1.807, 2.05) is 26.8 Å². The molecule has 3 aliphatic rings. The molecule has 0 saturated heterocycles. The summed E-state index contributed by atoms with van der Waals surface area (Å²) in [5.41, 5.74) is -1.35. The van der Waals surface area contributed by atoms with Gasteiger partial charge in [-0.1, -0.05) is 32.9 Å². The number of rotatable bonds is 3. The topological polar surface area (TPSA) is 69.7 Å². The first-order chi connectivity index (χ1) is 12.4.